The minimum atomic E-state index is -0.112. The average Bonchev–Trinajstić information content (AvgIpc) is 2.95. The van der Waals surface area contributed by atoms with Crippen LogP contribution in [0.25, 0.3) is 0 Å². The van der Waals surface area contributed by atoms with Gasteiger partial charge in [-0.3, -0.25) is 0 Å². The van der Waals surface area contributed by atoms with Gasteiger partial charge in [-0.1, -0.05) is 29.8 Å². The molecule has 0 bridgehead atoms. The molecule has 4 N–H and O–H groups in total. The van der Waals surface area contributed by atoms with Crippen molar-refractivity contribution in [2.75, 3.05) is 13.1 Å². The molecule has 1 aliphatic rings. The summed E-state index contributed by atoms with van der Waals surface area (Å²) in [5, 5.41) is 32.9. The van der Waals surface area contributed by atoms with Gasteiger partial charge in [-0.25, -0.2) is 0 Å². The highest BCUT2D eigenvalue weighted by Crippen LogP contribution is 2.37. The first kappa shape index (κ1) is 15.0. The molecule has 1 saturated heterocycles. The second kappa shape index (κ2) is 6.07. The van der Waals surface area contributed by atoms with Crippen molar-refractivity contribution in [2.24, 2.45) is 5.92 Å². The lowest BCUT2D eigenvalue weighted by Crippen LogP contribution is -2.14. The molecule has 0 unspecified atom stereocenters. The van der Waals surface area contributed by atoms with Gasteiger partial charge in [-0.2, -0.15) is 0 Å². The van der Waals surface area contributed by atoms with Gasteiger partial charge < -0.3 is 20.6 Å². The predicted octanol–water partition coefficient (Wildman–Crippen LogP) is 3.00. The molecule has 0 aromatic heterocycles. The molecule has 0 radical (unpaired) electrons. The highest BCUT2D eigenvalue weighted by molar-refractivity contribution is 6.32. The van der Waals surface area contributed by atoms with Crippen molar-refractivity contribution in [1.29, 1.82) is 0 Å². The monoisotopic (exact) mass is 319 g/mol. The van der Waals surface area contributed by atoms with Crippen molar-refractivity contribution < 1.29 is 15.3 Å². The van der Waals surface area contributed by atoms with E-state index in [2.05, 4.69) is 5.32 Å². The van der Waals surface area contributed by atoms with Gasteiger partial charge in [-0.05, 0) is 48.2 Å². The number of hydrogen-bond acceptors (Lipinski definition) is 4. The topological polar surface area (TPSA) is 72.7 Å². The quantitative estimate of drug-likeness (QED) is 0.656. The van der Waals surface area contributed by atoms with Gasteiger partial charge >= 0.3 is 0 Å². The van der Waals surface area contributed by atoms with Crippen molar-refractivity contribution in [3.63, 3.8) is 0 Å². The van der Waals surface area contributed by atoms with E-state index < -0.39 is 0 Å². The molecule has 2 aromatic carbocycles. The van der Waals surface area contributed by atoms with Crippen molar-refractivity contribution in [3.8, 4) is 17.2 Å². The number of benzene rings is 2. The maximum absolute atomic E-state index is 10.1. The molecule has 0 amide bonds. The first-order chi connectivity index (χ1) is 10.6. The van der Waals surface area contributed by atoms with E-state index in [1.165, 1.54) is 6.07 Å². The molecular weight excluding hydrogens is 302 g/mol. The molecule has 1 heterocycles. The highest BCUT2D eigenvalue weighted by Gasteiger charge is 2.29. The van der Waals surface area contributed by atoms with Gasteiger partial charge in [0.25, 0.3) is 0 Å². The van der Waals surface area contributed by atoms with E-state index in [1.54, 1.807) is 12.1 Å². The lowest BCUT2D eigenvalue weighted by molar-refractivity contribution is 0.401. The number of phenols is 3. The summed E-state index contributed by atoms with van der Waals surface area (Å²) in [6.07, 6.45) is 0.700. The zero-order valence-corrected chi connectivity index (χ0v) is 12.7. The zero-order chi connectivity index (χ0) is 15.7. The average molecular weight is 320 g/mol. The number of aromatic hydroxyl groups is 3. The molecule has 3 rings (SSSR count). The second-order valence-electron chi connectivity index (χ2n) is 5.72. The normalized spacial score (nSPS) is 21.1. The Labute approximate surface area is 134 Å². The summed E-state index contributed by atoms with van der Waals surface area (Å²) in [6, 6.07) is 10.3. The van der Waals surface area contributed by atoms with E-state index in [9.17, 15) is 15.3 Å². The van der Waals surface area contributed by atoms with Gasteiger partial charge in [0.15, 0.2) is 11.5 Å². The minimum absolute atomic E-state index is 0.103. The Kier molecular flexibility index (Phi) is 4.14. The molecule has 2 atom stereocenters. The van der Waals surface area contributed by atoms with Crippen LogP contribution in [-0.4, -0.2) is 28.4 Å². The molecule has 4 nitrogen and oxygen atoms in total. The van der Waals surface area contributed by atoms with Gasteiger partial charge in [0.2, 0.25) is 0 Å². The van der Waals surface area contributed by atoms with E-state index in [0.29, 0.717) is 11.4 Å². The van der Waals surface area contributed by atoms with E-state index in [1.807, 2.05) is 18.2 Å². The number of phenolic OH excluding ortho intramolecular Hbond substituents is 3. The molecule has 1 fully saturated rings. The Hall–Kier alpha value is -1.91. The first-order valence-corrected chi connectivity index (χ1v) is 7.63. The molecule has 0 saturated carbocycles. The molecule has 22 heavy (non-hydrogen) atoms. The standard InChI is InChI=1S/C17H18ClNO3/c18-14-3-1-2-11(17(14)22)6-12-8-19-9-13(12)10-4-5-15(20)16(21)7-10/h1-5,7,12-13,19-22H,6,8-9H2/t12-,13+/m1/s1. The molecule has 0 aliphatic carbocycles. The number of nitrogens with one attached hydrogen (secondary N) is 1. The summed E-state index contributed by atoms with van der Waals surface area (Å²) in [5.74, 6) is 0.425. The Morgan fingerprint density at radius 1 is 1.05 bits per heavy atom. The summed E-state index contributed by atoms with van der Waals surface area (Å²) in [4.78, 5) is 0. The lowest BCUT2D eigenvalue weighted by atomic mass is 9.84. The summed E-state index contributed by atoms with van der Waals surface area (Å²) in [6.45, 7) is 1.63. The summed E-state index contributed by atoms with van der Waals surface area (Å²) >= 11 is 5.96. The summed E-state index contributed by atoms with van der Waals surface area (Å²) in [5.41, 5.74) is 1.81. The number of halogens is 1. The summed E-state index contributed by atoms with van der Waals surface area (Å²) in [7, 11) is 0. The van der Waals surface area contributed by atoms with Crippen molar-refractivity contribution >= 4 is 11.6 Å². The molecule has 0 spiro atoms. The SMILES string of the molecule is Oc1ccc([C@@H]2CNC[C@H]2Cc2cccc(Cl)c2O)cc1O. The van der Waals surface area contributed by atoms with E-state index in [-0.39, 0.29) is 29.1 Å². The second-order valence-corrected chi connectivity index (χ2v) is 6.13. The number of rotatable bonds is 3. The van der Waals surface area contributed by atoms with E-state index in [4.69, 9.17) is 11.6 Å². The van der Waals surface area contributed by atoms with Crippen LogP contribution in [0.15, 0.2) is 36.4 Å². The van der Waals surface area contributed by atoms with Crippen LogP contribution in [0, 0.1) is 5.92 Å². The van der Waals surface area contributed by atoms with Crippen LogP contribution < -0.4 is 5.32 Å². The van der Waals surface area contributed by atoms with Crippen molar-refractivity contribution in [3.05, 3.63) is 52.5 Å². The lowest BCUT2D eigenvalue weighted by Gasteiger charge is -2.20. The van der Waals surface area contributed by atoms with Crippen LogP contribution in [0.3, 0.4) is 0 Å². The fourth-order valence-electron chi connectivity index (χ4n) is 3.12. The molecule has 2 aromatic rings. The maximum atomic E-state index is 10.1. The third-order valence-corrected chi connectivity index (χ3v) is 4.62. The predicted molar refractivity (Wildman–Crippen MR) is 85.7 cm³/mol. The third kappa shape index (κ3) is 2.85. The third-order valence-electron chi connectivity index (χ3n) is 4.32. The van der Waals surface area contributed by atoms with Crippen LogP contribution in [0.4, 0.5) is 0 Å². The van der Waals surface area contributed by atoms with Gasteiger partial charge in [0.1, 0.15) is 5.75 Å². The fraction of sp³-hybridized carbons (Fsp3) is 0.294. The minimum Gasteiger partial charge on any atom is -0.506 e. The van der Waals surface area contributed by atoms with E-state index in [0.717, 1.165) is 24.2 Å². The van der Waals surface area contributed by atoms with Crippen LogP contribution >= 0.6 is 11.6 Å². The van der Waals surface area contributed by atoms with Crippen LogP contribution in [0.2, 0.25) is 5.02 Å². The Morgan fingerprint density at radius 2 is 1.86 bits per heavy atom. The van der Waals surface area contributed by atoms with Crippen LogP contribution in [-0.2, 0) is 6.42 Å². The van der Waals surface area contributed by atoms with Crippen molar-refractivity contribution in [2.45, 2.75) is 12.3 Å². The molecule has 1 aliphatic heterocycles. The molecular formula is C17H18ClNO3. The fourth-order valence-corrected chi connectivity index (χ4v) is 3.31. The molecule has 5 heteroatoms. The van der Waals surface area contributed by atoms with Gasteiger partial charge in [-0.15, -0.1) is 0 Å². The summed E-state index contributed by atoms with van der Waals surface area (Å²) < 4.78 is 0. The zero-order valence-electron chi connectivity index (χ0n) is 12.0. The smallest absolute Gasteiger partial charge is 0.157 e. The first-order valence-electron chi connectivity index (χ1n) is 7.25. The number of para-hydroxylation sites is 1. The highest BCUT2D eigenvalue weighted by atomic mass is 35.5. The number of hydrogen-bond donors (Lipinski definition) is 4. The Morgan fingerprint density at radius 3 is 2.64 bits per heavy atom. The maximum Gasteiger partial charge on any atom is 0.157 e. The van der Waals surface area contributed by atoms with Gasteiger partial charge in [0, 0.05) is 12.5 Å². The molecule has 116 valence electrons. The Bertz CT molecular complexity index is 690. The van der Waals surface area contributed by atoms with Crippen LogP contribution in [0.1, 0.15) is 17.0 Å². The van der Waals surface area contributed by atoms with E-state index >= 15 is 0 Å². The van der Waals surface area contributed by atoms with Gasteiger partial charge in [0.05, 0.1) is 5.02 Å². The van der Waals surface area contributed by atoms with Crippen molar-refractivity contribution in [1.82, 2.24) is 5.32 Å². The largest absolute Gasteiger partial charge is 0.506 e. The Balaban J connectivity index is 1.84. The van der Waals surface area contributed by atoms with Crippen LogP contribution in [0.5, 0.6) is 17.2 Å².